The number of anilines is 1. The molecule has 1 saturated heterocycles. The van der Waals surface area contributed by atoms with Crippen LogP contribution >= 0.6 is 0 Å². The van der Waals surface area contributed by atoms with Crippen molar-refractivity contribution in [3.05, 3.63) is 30.3 Å². The molecule has 2 rings (SSSR count). The Morgan fingerprint density at radius 1 is 1.18 bits per heavy atom. The van der Waals surface area contributed by atoms with Crippen molar-refractivity contribution >= 4 is 5.69 Å². The van der Waals surface area contributed by atoms with Gasteiger partial charge in [0.2, 0.25) is 0 Å². The summed E-state index contributed by atoms with van der Waals surface area (Å²) in [4.78, 5) is 7.12. The number of hydrogen-bond acceptors (Lipinski definition) is 5. The van der Waals surface area contributed by atoms with Gasteiger partial charge in [-0.3, -0.25) is 4.90 Å². The molecule has 0 saturated carbocycles. The highest BCUT2D eigenvalue weighted by Crippen LogP contribution is 2.15. The van der Waals surface area contributed by atoms with Gasteiger partial charge in [-0.05, 0) is 19.2 Å². The molecule has 22 heavy (non-hydrogen) atoms. The number of ether oxygens (including phenoxy) is 1. The number of methoxy groups -OCH3 is 1. The van der Waals surface area contributed by atoms with E-state index in [1.165, 1.54) is 5.69 Å². The topological polar surface area (TPSA) is 39.2 Å². The van der Waals surface area contributed by atoms with E-state index in [1.54, 1.807) is 7.11 Å². The first-order valence-electron chi connectivity index (χ1n) is 8.07. The van der Waals surface area contributed by atoms with Crippen LogP contribution in [0.2, 0.25) is 0 Å². The summed E-state index contributed by atoms with van der Waals surface area (Å²) in [6.45, 7) is 7.47. The first kappa shape index (κ1) is 17.2. The van der Waals surface area contributed by atoms with Gasteiger partial charge >= 0.3 is 0 Å². The van der Waals surface area contributed by atoms with Crippen molar-refractivity contribution in [1.82, 2.24) is 9.80 Å². The smallest absolute Gasteiger partial charge is 0.0899 e. The number of rotatable bonds is 8. The molecule has 5 heteroatoms. The maximum Gasteiger partial charge on any atom is 0.0899 e. The third kappa shape index (κ3) is 5.57. The Balaban J connectivity index is 1.65. The van der Waals surface area contributed by atoms with Crippen molar-refractivity contribution in [2.24, 2.45) is 0 Å². The number of aliphatic hydroxyl groups excluding tert-OH is 1. The molecular weight excluding hydrogens is 278 g/mol. The van der Waals surface area contributed by atoms with Gasteiger partial charge in [0.25, 0.3) is 0 Å². The minimum Gasteiger partial charge on any atom is -0.389 e. The quantitative estimate of drug-likeness (QED) is 0.767. The number of likely N-dealkylation sites (N-methyl/N-ethyl adjacent to an activating group) is 1. The second-order valence-corrected chi connectivity index (χ2v) is 6.04. The van der Waals surface area contributed by atoms with Crippen LogP contribution in [0.1, 0.15) is 0 Å². The van der Waals surface area contributed by atoms with Crippen molar-refractivity contribution in [3.8, 4) is 0 Å². The van der Waals surface area contributed by atoms with Crippen LogP contribution in [0.25, 0.3) is 0 Å². The number of aliphatic hydroxyl groups is 1. The summed E-state index contributed by atoms with van der Waals surface area (Å²) in [5, 5.41) is 9.73. The molecule has 1 unspecified atom stereocenters. The molecule has 0 radical (unpaired) electrons. The number of hydrogen-bond donors (Lipinski definition) is 1. The van der Waals surface area contributed by atoms with Gasteiger partial charge in [0, 0.05) is 58.6 Å². The lowest BCUT2D eigenvalue weighted by Crippen LogP contribution is -2.48. The number of para-hydroxylation sites is 1. The average Bonchev–Trinajstić information content (AvgIpc) is 2.54. The highest BCUT2D eigenvalue weighted by Gasteiger charge is 2.17. The van der Waals surface area contributed by atoms with Crippen molar-refractivity contribution < 1.29 is 9.84 Å². The molecule has 1 aromatic carbocycles. The Morgan fingerprint density at radius 2 is 1.86 bits per heavy atom. The lowest BCUT2D eigenvalue weighted by Gasteiger charge is -2.36. The van der Waals surface area contributed by atoms with Crippen LogP contribution in [0.5, 0.6) is 0 Å². The zero-order chi connectivity index (χ0) is 15.8. The second kappa shape index (κ2) is 9.10. The predicted molar refractivity (Wildman–Crippen MR) is 90.5 cm³/mol. The van der Waals surface area contributed by atoms with Crippen molar-refractivity contribution in [1.29, 1.82) is 0 Å². The van der Waals surface area contributed by atoms with Crippen molar-refractivity contribution in [3.63, 3.8) is 0 Å². The Kier molecular flexibility index (Phi) is 7.12. The standard InChI is InChI=1S/C17H29N3O2/c1-18(14-17(21)15-22-2)8-9-19-10-12-20(13-11-19)16-6-4-3-5-7-16/h3-7,17,21H,8-15H2,1-2H3. The van der Waals surface area contributed by atoms with Crippen LogP contribution in [0.4, 0.5) is 5.69 Å². The van der Waals surface area contributed by atoms with Crippen LogP contribution in [-0.2, 0) is 4.74 Å². The molecule has 1 fully saturated rings. The number of benzene rings is 1. The average molecular weight is 307 g/mol. The van der Waals surface area contributed by atoms with Crippen LogP contribution in [-0.4, -0.2) is 87.6 Å². The monoisotopic (exact) mass is 307 g/mol. The molecule has 1 aliphatic heterocycles. The van der Waals surface area contributed by atoms with Gasteiger partial charge in [0.15, 0.2) is 0 Å². The first-order chi connectivity index (χ1) is 10.7. The highest BCUT2D eigenvalue weighted by molar-refractivity contribution is 5.46. The number of piperazine rings is 1. The largest absolute Gasteiger partial charge is 0.389 e. The molecule has 1 aromatic rings. The summed E-state index contributed by atoms with van der Waals surface area (Å²) < 4.78 is 4.96. The Morgan fingerprint density at radius 3 is 2.50 bits per heavy atom. The zero-order valence-corrected chi connectivity index (χ0v) is 13.8. The molecule has 5 nitrogen and oxygen atoms in total. The van der Waals surface area contributed by atoms with E-state index in [1.807, 2.05) is 0 Å². The summed E-state index contributed by atoms with van der Waals surface area (Å²) in [5.41, 5.74) is 1.32. The van der Waals surface area contributed by atoms with Gasteiger partial charge < -0.3 is 19.6 Å². The van der Waals surface area contributed by atoms with Crippen molar-refractivity contribution in [2.75, 3.05) is 71.5 Å². The van der Waals surface area contributed by atoms with Gasteiger partial charge in [-0.15, -0.1) is 0 Å². The van der Waals surface area contributed by atoms with Crippen molar-refractivity contribution in [2.45, 2.75) is 6.10 Å². The Hall–Kier alpha value is -1.14. The molecule has 1 atom stereocenters. The minimum atomic E-state index is -0.398. The second-order valence-electron chi connectivity index (χ2n) is 6.04. The van der Waals surface area contributed by atoms with Gasteiger partial charge in [-0.2, -0.15) is 0 Å². The van der Waals surface area contributed by atoms with E-state index in [0.717, 1.165) is 39.3 Å². The fourth-order valence-electron chi connectivity index (χ4n) is 2.88. The molecule has 1 N–H and O–H groups in total. The maximum absolute atomic E-state index is 9.73. The molecule has 0 aliphatic carbocycles. The van der Waals surface area contributed by atoms with Gasteiger partial charge in [-0.25, -0.2) is 0 Å². The van der Waals surface area contributed by atoms with E-state index in [9.17, 15) is 5.11 Å². The summed E-state index contributed by atoms with van der Waals surface area (Å²) in [7, 11) is 3.68. The fourth-order valence-corrected chi connectivity index (χ4v) is 2.88. The van der Waals surface area contributed by atoms with Crippen LogP contribution in [0.3, 0.4) is 0 Å². The maximum atomic E-state index is 9.73. The zero-order valence-electron chi connectivity index (χ0n) is 13.8. The predicted octanol–water partition coefficient (Wildman–Crippen LogP) is 0.748. The summed E-state index contributed by atoms with van der Waals surface area (Å²) >= 11 is 0. The number of nitrogens with zero attached hydrogens (tertiary/aromatic N) is 3. The molecule has 1 aliphatic rings. The SMILES string of the molecule is COCC(O)CN(C)CCN1CCN(c2ccccc2)CC1. The molecule has 124 valence electrons. The van der Waals surface area contributed by atoms with E-state index < -0.39 is 6.10 Å². The van der Waals surface area contributed by atoms with Gasteiger partial charge in [0.05, 0.1) is 12.7 Å². The fraction of sp³-hybridized carbons (Fsp3) is 0.647. The Bertz CT molecular complexity index is 408. The molecule has 0 aromatic heterocycles. The third-order valence-electron chi connectivity index (χ3n) is 4.17. The minimum absolute atomic E-state index is 0.398. The molecule has 1 heterocycles. The normalized spacial score (nSPS) is 17.9. The van der Waals surface area contributed by atoms with Gasteiger partial charge in [-0.1, -0.05) is 18.2 Å². The summed E-state index contributed by atoms with van der Waals surface area (Å²) in [6.07, 6.45) is -0.398. The van der Waals surface area contributed by atoms with E-state index in [2.05, 4.69) is 52.1 Å². The summed E-state index contributed by atoms with van der Waals surface area (Å²) in [6, 6.07) is 10.6. The van der Waals surface area contributed by atoms with Crippen LogP contribution in [0, 0.1) is 0 Å². The lowest BCUT2D eigenvalue weighted by molar-refractivity contribution is 0.0413. The van der Waals surface area contributed by atoms with Gasteiger partial charge in [0.1, 0.15) is 0 Å². The summed E-state index contributed by atoms with van der Waals surface area (Å²) in [5.74, 6) is 0. The Labute approximate surface area is 134 Å². The molecule has 0 amide bonds. The van der Waals surface area contributed by atoms with E-state index in [4.69, 9.17) is 4.74 Å². The lowest BCUT2D eigenvalue weighted by atomic mass is 10.2. The third-order valence-corrected chi connectivity index (χ3v) is 4.17. The van der Waals surface area contributed by atoms with Crippen LogP contribution in [0.15, 0.2) is 30.3 Å². The van der Waals surface area contributed by atoms with Crippen LogP contribution < -0.4 is 4.90 Å². The molecule has 0 spiro atoms. The molecule has 0 bridgehead atoms. The van der Waals surface area contributed by atoms with E-state index in [-0.39, 0.29) is 0 Å². The van der Waals surface area contributed by atoms with E-state index >= 15 is 0 Å². The highest BCUT2D eigenvalue weighted by atomic mass is 16.5. The van der Waals surface area contributed by atoms with E-state index in [0.29, 0.717) is 13.2 Å². The first-order valence-corrected chi connectivity index (χ1v) is 8.07. The molecular formula is C17H29N3O2.